The molecule has 1 aliphatic rings. The molecule has 0 amide bonds. The third-order valence-electron chi connectivity index (χ3n) is 4.26. The molecule has 1 atom stereocenters. The van der Waals surface area contributed by atoms with E-state index >= 15 is 0 Å². The Labute approximate surface area is 115 Å². The van der Waals surface area contributed by atoms with E-state index in [1.165, 1.54) is 19.3 Å². The minimum absolute atomic E-state index is 0.196. The Balaban J connectivity index is 2.03. The van der Waals surface area contributed by atoms with Gasteiger partial charge in [-0.2, -0.15) is 0 Å². The second-order valence-electron chi connectivity index (χ2n) is 6.01. The van der Waals surface area contributed by atoms with E-state index in [1.807, 2.05) is 12.1 Å². The van der Waals surface area contributed by atoms with E-state index in [0.29, 0.717) is 12.2 Å². The number of aliphatic hydroxyl groups is 1. The third kappa shape index (κ3) is 3.45. The second kappa shape index (κ2) is 5.88. The van der Waals surface area contributed by atoms with Crippen molar-refractivity contribution in [1.82, 2.24) is 9.88 Å². The highest BCUT2D eigenvalue weighted by Crippen LogP contribution is 2.25. The number of piperidine rings is 1. The molecule has 0 aromatic carbocycles. The van der Waals surface area contributed by atoms with Gasteiger partial charge in [0.05, 0.1) is 6.10 Å². The second-order valence-corrected chi connectivity index (χ2v) is 6.01. The summed E-state index contributed by atoms with van der Waals surface area (Å²) in [7, 11) is 0. The van der Waals surface area contributed by atoms with Crippen LogP contribution in [-0.4, -0.2) is 39.7 Å². The standard InChI is InChI=1S/C15H25N3O/c1-15(2,18-8-4-3-5-9-18)13(19)10-12-6-7-17-14(16)11-12/h6-7,11,13,19H,3-5,8-10H2,1-2H3,(H2,16,17). The lowest BCUT2D eigenvalue weighted by atomic mass is 9.88. The first-order chi connectivity index (χ1) is 9.00. The Morgan fingerprint density at radius 2 is 2.05 bits per heavy atom. The zero-order valence-corrected chi connectivity index (χ0v) is 12.0. The van der Waals surface area contributed by atoms with Gasteiger partial charge < -0.3 is 10.8 Å². The van der Waals surface area contributed by atoms with Crippen molar-refractivity contribution < 1.29 is 5.11 Å². The van der Waals surface area contributed by atoms with Gasteiger partial charge in [-0.1, -0.05) is 6.42 Å². The zero-order valence-electron chi connectivity index (χ0n) is 12.0. The molecule has 1 saturated heterocycles. The van der Waals surface area contributed by atoms with E-state index in [4.69, 9.17) is 5.73 Å². The molecule has 0 saturated carbocycles. The molecular formula is C15H25N3O. The van der Waals surface area contributed by atoms with Crippen molar-refractivity contribution >= 4 is 5.82 Å². The number of nitrogens with two attached hydrogens (primary N) is 1. The van der Waals surface area contributed by atoms with Crippen LogP contribution in [0.3, 0.4) is 0 Å². The maximum atomic E-state index is 10.6. The molecule has 2 rings (SSSR count). The summed E-state index contributed by atoms with van der Waals surface area (Å²) >= 11 is 0. The molecule has 1 unspecified atom stereocenters. The largest absolute Gasteiger partial charge is 0.391 e. The highest BCUT2D eigenvalue weighted by Gasteiger charge is 2.34. The van der Waals surface area contributed by atoms with Gasteiger partial charge in [-0.25, -0.2) is 4.98 Å². The van der Waals surface area contributed by atoms with Crippen LogP contribution in [0.4, 0.5) is 5.82 Å². The number of hydrogen-bond donors (Lipinski definition) is 2. The molecule has 4 nitrogen and oxygen atoms in total. The molecule has 0 radical (unpaired) electrons. The summed E-state index contributed by atoms with van der Waals surface area (Å²) in [5.74, 6) is 0.514. The molecule has 1 aliphatic heterocycles. The normalized spacial score (nSPS) is 19.3. The minimum Gasteiger partial charge on any atom is -0.391 e. The van der Waals surface area contributed by atoms with Crippen LogP contribution in [-0.2, 0) is 6.42 Å². The number of nitrogen functional groups attached to an aromatic ring is 1. The van der Waals surface area contributed by atoms with E-state index in [1.54, 1.807) is 6.20 Å². The number of anilines is 1. The van der Waals surface area contributed by atoms with E-state index in [-0.39, 0.29) is 5.54 Å². The van der Waals surface area contributed by atoms with Crippen LogP contribution in [0.5, 0.6) is 0 Å². The highest BCUT2D eigenvalue weighted by molar-refractivity contribution is 5.32. The SMILES string of the molecule is CC(C)(C(O)Cc1ccnc(N)c1)N1CCCCC1. The zero-order chi connectivity index (χ0) is 13.9. The Morgan fingerprint density at radius 1 is 1.37 bits per heavy atom. The van der Waals surface area contributed by atoms with Crippen molar-refractivity contribution in [1.29, 1.82) is 0 Å². The van der Waals surface area contributed by atoms with Crippen LogP contribution in [0.25, 0.3) is 0 Å². The average Bonchev–Trinajstić information content (AvgIpc) is 2.39. The van der Waals surface area contributed by atoms with Crippen molar-refractivity contribution in [3.8, 4) is 0 Å². The van der Waals surface area contributed by atoms with Crippen LogP contribution >= 0.6 is 0 Å². The van der Waals surface area contributed by atoms with E-state index in [0.717, 1.165) is 18.7 Å². The molecule has 4 heteroatoms. The van der Waals surface area contributed by atoms with Gasteiger partial charge >= 0.3 is 0 Å². The maximum Gasteiger partial charge on any atom is 0.123 e. The predicted molar refractivity (Wildman–Crippen MR) is 77.9 cm³/mol. The summed E-state index contributed by atoms with van der Waals surface area (Å²) < 4.78 is 0. The van der Waals surface area contributed by atoms with Gasteiger partial charge in [0.2, 0.25) is 0 Å². The molecule has 1 aromatic heterocycles. The van der Waals surface area contributed by atoms with Crippen LogP contribution in [0, 0.1) is 0 Å². The predicted octanol–water partition coefficient (Wildman–Crippen LogP) is 1.83. The molecule has 19 heavy (non-hydrogen) atoms. The Bertz CT molecular complexity index is 414. The van der Waals surface area contributed by atoms with Crippen LogP contribution in [0.1, 0.15) is 38.7 Å². The average molecular weight is 263 g/mol. The molecule has 0 bridgehead atoms. The number of pyridine rings is 1. The van der Waals surface area contributed by atoms with E-state index in [2.05, 4.69) is 23.7 Å². The van der Waals surface area contributed by atoms with E-state index < -0.39 is 6.10 Å². The molecule has 106 valence electrons. The molecule has 1 fully saturated rings. The number of likely N-dealkylation sites (tertiary alicyclic amines) is 1. The molecule has 3 N–H and O–H groups in total. The van der Waals surface area contributed by atoms with Gasteiger partial charge in [0.25, 0.3) is 0 Å². The van der Waals surface area contributed by atoms with Gasteiger partial charge in [-0.3, -0.25) is 4.90 Å². The third-order valence-corrected chi connectivity index (χ3v) is 4.26. The van der Waals surface area contributed by atoms with Gasteiger partial charge in [-0.15, -0.1) is 0 Å². The van der Waals surface area contributed by atoms with Crippen molar-refractivity contribution in [2.24, 2.45) is 0 Å². The van der Waals surface area contributed by atoms with Crippen molar-refractivity contribution in [2.45, 2.75) is 51.2 Å². The monoisotopic (exact) mass is 263 g/mol. The number of rotatable bonds is 4. The van der Waals surface area contributed by atoms with Crippen molar-refractivity contribution in [2.75, 3.05) is 18.8 Å². The lowest BCUT2D eigenvalue weighted by Gasteiger charge is -2.44. The van der Waals surface area contributed by atoms with Gasteiger partial charge in [0.1, 0.15) is 5.82 Å². The summed E-state index contributed by atoms with van der Waals surface area (Å²) in [5, 5.41) is 10.6. The maximum absolute atomic E-state index is 10.6. The quantitative estimate of drug-likeness (QED) is 0.870. The first-order valence-electron chi connectivity index (χ1n) is 7.13. The van der Waals surface area contributed by atoms with Gasteiger partial charge in [0, 0.05) is 18.2 Å². The molecule has 0 spiro atoms. The summed E-state index contributed by atoms with van der Waals surface area (Å²) in [5.41, 5.74) is 6.53. The van der Waals surface area contributed by atoms with Crippen molar-refractivity contribution in [3.05, 3.63) is 23.9 Å². The number of aliphatic hydroxyl groups excluding tert-OH is 1. The fourth-order valence-electron chi connectivity index (χ4n) is 2.78. The van der Waals surface area contributed by atoms with Crippen LogP contribution in [0.2, 0.25) is 0 Å². The summed E-state index contributed by atoms with van der Waals surface area (Å²) in [6.07, 6.45) is 5.70. The van der Waals surface area contributed by atoms with Gasteiger partial charge in [0.15, 0.2) is 0 Å². The Morgan fingerprint density at radius 3 is 2.68 bits per heavy atom. The molecule has 1 aromatic rings. The van der Waals surface area contributed by atoms with Crippen molar-refractivity contribution in [3.63, 3.8) is 0 Å². The Hall–Kier alpha value is -1.13. The van der Waals surface area contributed by atoms with Crippen LogP contribution in [0.15, 0.2) is 18.3 Å². The number of aromatic nitrogens is 1. The highest BCUT2D eigenvalue weighted by atomic mass is 16.3. The summed E-state index contributed by atoms with van der Waals surface area (Å²) in [4.78, 5) is 6.39. The number of nitrogens with zero attached hydrogens (tertiary/aromatic N) is 2. The molecule has 2 heterocycles. The molecular weight excluding hydrogens is 238 g/mol. The first-order valence-corrected chi connectivity index (χ1v) is 7.13. The smallest absolute Gasteiger partial charge is 0.123 e. The van der Waals surface area contributed by atoms with E-state index in [9.17, 15) is 5.11 Å². The topological polar surface area (TPSA) is 62.4 Å². The Kier molecular flexibility index (Phi) is 4.42. The minimum atomic E-state index is -0.396. The van der Waals surface area contributed by atoms with Gasteiger partial charge in [-0.05, 0) is 57.5 Å². The fourth-order valence-corrected chi connectivity index (χ4v) is 2.78. The summed E-state index contributed by atoms with van der Waals surface area (Å²) in [6.45, 7) is 6.44. The fraction of sp³-hybridized carbons (Fsp3) is 0.667. The first kappa shape index (κ1) is 14.3. The molecule has 0 aliphatic carbocycles. The lowest BCUT2D eigenvalue weighted by molar-refractivity contribution is -0.0187. The van der Waals surface area contributed by atoms with Crippen LogP contribution < -0.4 is 5.73 Å². The summed E-state index contributed by atoms with van der Waals surface area (Å²) in [6, 6.07) is 3.77. The number of hydrogen-bond acceptors (Lipinski definition) is 4. The lowest BCUT2D eigenvalue weighted by Crippen LogP contribution is -2.54.